The van der Waals surface area contributed by atoms with E-state index in [0.717, 1.165) is 0 Å². The van der Waals surface area contributed by atoms with Crippen molar-refractivity contribution in [2.45, 2.75) is 20.8 Å². The van der Waals surface area contributed by atoms with Gasteiger partial charge in [-0.3, -0.25) is 0 Å². The molecule has 0 saturated heterocycles. The summed E-state index contributed by atoms with van der Waals surface area (Å²) in [7, 11) is 0. The maximum Gasteiger partial charge on any atom is -0.0155 e. The molecule has 0 aliphatic rings. The van der Waals surface area contributed by atoms with Gasteiger partial charge >= 0.3 is 0 Å². The van der Waals surface area contributed by atoms with E-state index in [-0.39, 0.29) is 0 Å². The zero-order valence-electron chi connectivity index (χ0n) is 9.75. The molecule has 0 heterocycles. The van der Waals surface area contributed by atoms with Gasteiger partial charge in [-0.15, -0.1) is 0 Å². The average Bonchev–Trinajstić information content (AvgIpc) is 2.22. The summed E-state index contributed by atoms with van der Waals surface area (Å²) in [5.41, 5.74) is 5.15. The molecule has 0 atom stereocenters. The van der Waals surface area contributed by atoms with E-state index < -0.39 is 0 Å². The van der Waals surface area contributed by atoms with E-state index in [1.54, 1.807) is 0 Å². The molecule has 1 aromatic carbocycles. The molecule has 78 valence electrons. The van der Waals surface area contributed by atoms with Crippen molar-refractivity contribution >= 4 is 5.57 Å². The van der Waals surface area contributed by atoms with E-state index >= 15 is 0 Å². The van der Waals surface area contributed by atoms with Gasteiger partial charge in [0.2, 0.25) is 0 Å². The molecule has 0 aliphatic heterocycles. The van der Waals surface area contributed by atoms with Crippen molar-refractivity contribution in [3.63, 3.8) is 0 Å². The second kappa shape index (κ2) is 5.35. The number of rotatable bonds is 3. The first-order chi connectivity index (χ1) is 7.20. The number of hydrogen-bond acceptors (Lipinski definition) is 0. The fourth-order valence-electron chi connectivity index (χ4n) is 1.74. The Morgan fingerprint density at radius 3 is 2.47 bits per heavy atom. The van der Waals surface area contributed by atoms with Crippen molar-refractivity contribution in [1.82, 2.24) is 0 Å². The van der Waals surface area contributed by atoms with E-state index in [4.69, 9.17) is 0 Å². The summed E-state index contributed by atoms with van der Waals surface area (Å²) in [5.74, 6) is 0. The molecule has 0 radical (unpaired) electrons. The highest BCUT2D eigenvalue weighted by Crippen LogP contribution is 2.25. The molecular weight excluding hydrogens is 180 g/mol. The van der Waals surface area contributed by atoms with Crippen molar-refractivity contribution < 1.29 is 0 Å². The minimum Gasteiger partial charge on any atom is -0.0991 e. The van der Waals surface area contributed by atoms with E-state index in [1.807, 2.05) is 12.2 Å². The van der Waals surface area contributed by atoms with E-state index in [0.29, 0.717) is 0 Å². The van der Waals surface area contributed by atoms with Crippen molar-refractivity contribution in [3.8, 4) is 0 Å². The lowest BCUT2D eigenvalue weighted by Crippen LogP contribution is -1.89. The molecule has 0 spiro atoms. The van der Waals surface area contributed by atoms with Crippen LogP contribution in [0.5, 0.6) is 0 Å². The second-order valence-electron chi connectivity index (χ2n) is 3.60. The summed E-state index contributed by atoms with van der Waals surface area (Å²) in [6.45, 7) is 10.1. The van der Waals surface area contributed by atoms with Crippen molar-refractivity contribution in [1.29, 1.82) is 0 Å². The van der Waals surface area contributed by atoms with Gasteiger partial charge in [0.1, 0.15) is 0 Å². The first-order valence-corrected chi connectivity index (χ1v) is 5.22. The van der Waals surface area contributed by atoms with Crippen LogP contribution >= 0.6 is 0 Å². The largest absolute Gasteiger partial charge is 0.0991 e. The minimum absolute atomic E-state index is 1.25. The van der Waals surface area contributed by atoms with Crippen LogP contribution in [0.2, 0.25) is 0 Å². The van der Waals surface area contributed by atoms with Crippen LogP contribution in [0.3, 0.4) is 0 Å². The maximum atomic E-state index is 3.73. The molecule has 0 aromatic heterocycles. The highest BCUT2D eigenvalue weighted by atomic mass is 14.1. The Morgan fingerprint density at radius 1 is 1.27 bits per heavy atom. The summed E-state index contributed by atoms with van der Waals surface area (Å²) in [6, 6.07) is 8.44. The topological polar surface area (TPSA) is 0 Å². The molecule has 1 rings (SSSR count). The molecule has 15 heavy (non-hydrogen) atoms. The Kier molecular flexibility index (Phi) is 4.11. The fourth-order valence-corrected chi connectivity index (χ4v) is 1.74. The van der Waals surface area contributed by atoms with Crippen LogP contribution < -0.4 is 0 Å². The highest BCUT2D eigenvalue weighted by molar-refractivity contribution is 5.80. The number of aryl methyl sites for hydroxylation is 1. The van der Waals surface area contributed by atoms with E-state index in [2.05, 4.69) is 57.7 Å². The van der Waals surface area contributed by atoms with Crippen molar-refractivity contribution in [2.24, 2.45) is 0 Å². The minimum atomic E-state index is 1.25. The van der Waals surface area contributed by atoms with Gasteiger partial charge in [-0.25, -0.2) is 0 Å². The molecule has 0 fully saturated rings. The molecule has 0 bridgehead atoms. The molecule has 0 unspecified atom stereocenters. The van der Waals surface area contributed by atoms with Crippen LogP contribution in [0, 0.1) is 6.92 Å². The molecular formula is C15H18. The lowest BCUT2D eigenvalue weighted by Gasteiger charge is -2.10. The summed E-state index contributed by atoms with van der Waals surface area (Å²) in [4.78, 5) is 0. The smallest absolute Gasteiger partial charge is 0.0155 e. The van der Waals surface area contributed by atoms with Gasteiger partial charge in [0.15, 0.2) is 0 Å². The maximum absolute atomic E-state index is 3.73. The third-order valence-electron chi connectivity index (χ3n) is 2.52. The molecule has 0 N–H and O–H groups in total. The Labute approximate surface area is 92.6 Å². The predicted molar refractivity (Wildman–Crippen MR) is 68.8 cm³/mol. The van der Waals surface area contributed by atoms with E-state index in [1.165, 1.54) is 22.3 Å². The number of allylic oxidation sites excluding steroid dienone is 5. The number of hydrogen-bond donors (Lipinski definition) is 0. The third kappa shape index (κ3) is 2.69. The summed E-state index contributed by atoms with van der Waals surface area (Å²) in [6.07, 6.45) is 6.02. The van der Waals surface area contributed by atoms with Gasteiger partial charge in [0.25, 0.3) is 0 Å². The normalized spacial score (nSPS) is 12.7. The lowest BCUT2D eigenvalue weighted by molar-refractivity contribution is 1.39. The summed E-state index contributed by atoms with van der Waals surface area (Å²) in [5, 5.41) is 0. The van der Waals surface area contributed by atoms with Gasteiger partial charge in [-0.2, -0.15) is 0 Å². The zero-order chi connectivity index (χ0) is 11.3. The highest BCUT2D eigenvalue weighted by Gasteiger charge is 2.04. The molecule has 1 aromatic rings. The van der Waals surface area contributed by atoms with Gasteiger partial charge in [0.05, 0.1) is 0 Å². The van der Waals surface area contributed by atoms with Gasteiger partial charge in [-0.1, -0.05) is 49.1 Å². The Hall–Kier alpha value is -1.56. The molecule has 0 heteroatoms. The van der Waals surface area contributed by atoms with Gasteiger partial charge in [-0.05, 0) is 43.0 Å². The quantitative estimate of drug-likeness (QED) is 0.626. The van der Waals surface area contributed by atoms with Crippen LogP contribution in [0.15, 0.2) is 54.6 Å². The molecule has 0 amide bonds. The average molecular weight is 198 g/mol. The Morgan fingerprint density at radius 2 is 1.93 bits per heavy atom. The predicted octanol–water partition coefficient (Wildman–Crippen LogP) is 4.53. The summed E-state index contributed by atoms with van der Waals surface area (Å²) < 4.78 is 0. The molecule has 0 nitrogen and oxygen atoms in total. The lowest BCUT2D eigenvalue weighted by atomic mass is 9.95. The second-order valence-corrected chi connectivity index (χ2v) is 3.60. The Balaban J connectivity index is 3.21. The third-order valence-corrected chi connectivity index (χ3v) is 2.52. The number of benzene rings is 1. The van der Waals surface area contributed by atoms with Crippen molar-refractivity contribution in [3.05, 3.63) is 65.8 Å². The zero-order valence-corrected chi connectivity index (χ0v) is 9.75. The standard InChI is InChI=1S/C15H18/c1-5-9-12(3)14(6-2)15-11-8-7-10-13(15)4/h5-11H,1H2,2-4H3/b12-9-,14-6+. The van der Waals surface area contributed by atoms with Gasteiger partial charge < -0.3 is 0 Å². The fraction of sp³-hybridized carbons (Fsp3) is 0.200. The SMILES string of the molecule is C=C/C=C(C)\C(=C/C)c1ccccc1C. The van der Waals surface area contributed by atoms with Crippen LogP contribution in [0.4, 0.5) is 0 Å². The van der Waals surface area contributed by atoms with Crippen LogP contribution in [0.1, 0.15) is 25.0 Å². The van der Waals surface area contributed by atoms with Crippen LogP contribution in [-0.4, -0.2) is 0 Å². The first-order valence-electron chi connectivity index (χ1n) is 5.22. The summed E-state index contributed by atoms with van der Waals surface area (Å²) >= 11 is 0. The molecule has 0 aliphatic carbocycles. The van der Waals surface area contributed by atoms with Crippen LogP contribution in [0.25, 0.3) is 5.57 Å². The Bertz CT molecular complexity index is 406. The van der Waals surface area contributed by atoms with E-state index in [9.17, 15) is 0 Å². The van der Waals surface area contributed by atoms with Crippen LogP contribution in [-0.2, 0) is 0 Å². The molecule has 0 saturated carbocycles. The first kappa shape index (κ1) is 11.5. The van der Waals surface area contributed by atoms with Crippen molar-refractivity contribution in [2.75, 3.05) is 0 Å². The van der Waals surface area contributed by atoms with Gasteiger partial charge in [0, 0.05) is 0 Å². The monoisotopic (exact) mass is 198 g/mol.